The molecule has 4 rings (SSSR count). The molecule has 1 spiro atoms. The fourth-order valence-corrected chi connectivity index (χ4v) is 3.95. The van der Waals surface area contributed by atoms with E-state index < -0.39 is 0 Å². The van der Waals surface area contributed by atoms with Crippen LogP contribution in [0.15, 0.2) is 12.7 Å². The molecule has 4 saturated carbocycles. The highest BCUT2D eigenvalue weighted by Gasteiger charge is 2.67. The van der Waals surface area contributed by atoms with Crippen molar-refractivity contribution in [3.05, 3.63) is 12.7 Å². The molecule has 0 saturated heterocycles. The summed E-state index contributed by atoms with van der Waals surface area (Å²) in [5.41, 5.74) is 0.522. The van der Waals surface area contributed by atoms with E-state index in [0.29, 0.717) is 11.5 Å². The molecule has 2 nitrogen and oxygen atoms in total. The fourth-order valence-electron chi connectivity index (χ4n) is 3.95. The lowest BCUT2D eigenvalue weighted by Gasteiger charge is -2.51. The fraction of sp³-hybridized carbons (Fsp3) is 0.727. The maximum Gasteiger partial charge on any atom is 0.243 e. The number of carbonyl (C=O) groups excluding carboxylic acids is 1. The van der Waals surface area contributed by atoms with Crippen LogP contribution in [0.25, 0.3) is 0 Å². The molecule has 3 unspecified atom stereocenters. The Labute approximate surface area is 78.4 Å². The van der Waals surface area contributed by atoms with Crippen LogP contribution in [0.3, 0.4) is 0 Å². The third-order valence-electron chi connectivity index (χ3n) is 4.50. The lowest BCUT2D eigenvalue weighted by Crippen LogP contribution is -2.57. The summed E-state index contributed by atoms with van der Waals surface area (Å²) in [6, 6.07) is 0.497. The van der Waals surface area contributed by atoms with Crippen molar-refractivity contribution in [2.24, 2.45) is 17.3 Å². The van der Waals surface area contributed by atoms with Crippen molar-refractivity contribution >= 4 is 5.91 Å². The molecule has 0 aromatic carbocycles. The third kappa shape index (κ3) is 0.767. The number of rotatable bonds is 2. The summed E-state index contributed by atoms with van der Waals surface area (Å²) in [6.45, 7) is 3.49. The molecule has 3 bridgehead atoms. The molecular formula is C11H15NO. The van der Waals surface area contributed by atoms with E-state index >= 15 is 0 Å². The summed E-state index contributed by atoms with van der Waals surface area (Å²) in [4.78, 5) is 11.2. The molecule has 0 aromatic rings. The van der Waals surface area contributed by atoms with Gasteiger partial charge in [0.2, 0.25) is 5.91 Å². The minimum Gasteiger partial charge on any atom is -0.349 e. The number of nitrogens with one attached hydrogen (secondary N) is 1. The van der Waals surface area contributed by atoms with Crippen molar-refractivity contribution < 1.29 is 4.79 Å². The van der Waals surface area contributed by atoms with Gasteiger partial charge in [-0.3, -0.25) is 4.79 Å². The second-order valence-corrected chi connectivity index (χ2v) is 4.92. The Hall–Kier alpha value is -0.790. The average Bonchev–Trinajstić information content (AvgIpc) is 2.78. The van der Waals surface area contributed by atoms with Crippen molar-refractivity contribution in [3.63, 3.8) is 0 Å². The molecule has 2 heteroatoms. The number of amides is 1. The second kappa shape index (κ2) is 2.17. The van der Waals surface area contributed by atoms with E-state index in [-0.39, 0.29) is 5.91 Å². The van der Waals surface area contributed by atoms with Crippen LogP contribution in [0.5, 0.6) is 0 Å². The first-order valence-electron chi connectivity index (χ1n) is 5.18. The van der Waals surface area contributed by atoms with Gasteiger partial charge in [0.25, 0.3) is 0 Å². The Morgan fingerprint density at radius 2 is 2.38 bits per heavy atom. The van der Waals surface area contributed by atoms with Gasteiger partial charge in [-0.15, -0.1) is 0 Å². The minimum atomic E-state index is 0.0154. The molecule has 1 amide bonds. The summed E-state index contributed by atoms with van der Waals surface area (Å²) in [5.74, 6) is 1.74. The summed E-state index contributed by atoms with van der Waals surface area (Å²) < 4.78 is 0. The molecule has 13 heavy (non-hydrogen) atoms. The van der Waals surface area contributed by atoms with Crippen molar-refractivity contribution in [2.75, 3.05) is 0 Å². The molecule has 1 N–H and O–H groups in total. The predicted molar refractivity (Wildman–Crippen MR) is 50.0 cm³/mol. The Kier molecular flexibility index (Phi) is 1.27. The molecule has 70 valence electrons. The highest BCUT2D eigenvalue weighted by atomic mass is 16.1. The van der Waals surface area contributed by atoms with Crippen LogP contribution in [0.2, 0.25) is 0 Å². The van der Waals surface area contributed by atoms with Gasteiger partial charge in [0.05, 0.1) is 0 Å². The van der Waals surface area contributed by atoms with Gasteiger partial charge in [-0.25, -0.2) is 0 Å². The topological polar surface area (TPSA) is 29.1 Å². The Bertz CT molecular complexity index is 282. The summed E-state index contributed by atoms with van der Waals surface area (Å²) in [7, 11) is 0. The Morgan fingerprint density at radius 3 is 2.85 bits per heavy atom. The minimum absolute atomic E-state index is 0.0154. The van der Waals surface area contributed by atoms with Crippen LogP contribution in [-0.4, -0.2) is 11.9 Å². The number of carbonyl (C=O) groups is 1. The number of hydrogen-bond acceptors (Lipinski definition) is 1. The van der Waals surface area contributed by atoms with Crippen LogP contribution in [0.4, 0.5) is 0 Å². The van der Waals surface area contributed by atoms with E-state index in [1.165, 1.54) is 31.8 Å². The van der Waals surface area contributed by atoms with Crippen molar-refractivity contribution in [1.29, 1.82) is 0 Å². The number of hydrogen-bond donors (Lipinski definition) is 1. The monoisotopic (exact) mass is 177 g/mol. The molecule has 0 aliphatic heterocycles. The van der Waals surface area contributed by atoms with Gasteiger partial charge in [-0.05, 0) is 49.0 Å². The quantitative estimate of drug-likeness (QED) is 0.636. The summed E-state index contributed by atoms with van der Waals surface area (Å²) >= 11 is 0. The summed E-state index contributed by atoms with van der Waals surface area (Å²) in [5, 5.41) is 3.09. The van der Waals surface area contributed by atoms with Gasteiger partial charge in [-0.2, -0.15) is 0 Å². The first-order chi connectivity index (χ1) is 6.25. The first kappa shape index (κ1) is 7.60. The maximum absolute atomic E-state index is 11.2. The van der Waals surface area contributed by atoms with Crippen molar-refractivity contribution in [3.8, 4) is 0 Å². The predicted octanol–water partition coefficient (Wildman–Crippen LogP) is 1.48. The normalized spacial score (nSPS) is 50.0. The van der Waals surface area contributed by atoms with E-state index in [1.54, 1.807) is 0 Å². The second-order valence-electron chi connectivity index (χ2n) is 4.92. The lowest BCUT2D eigenvalue weighted by molar-refractivity contribution is -0.120. The zero-order valence-corrected chi connectivity index (χ0v) is 7.75. The van der Waals surface area contributed by atoms with Gasteiger partial charge in [0.15, 0.2) is 0 Å². The van der Waals surface area contributed by atoms with Gasteiger partial charge in [0.1, 0.15) is 0 Å². The average molecular weight is 177 g/mol. The van der Waals surface area contributed by atoms with Crippen LogP contribution >= 0.6 is 0 Å². The van der Waals surface area contributed by atoms with Crippen molar-refractivity contribution in [1.82, 2.24) is 5.32 Å². The van der Waals surface area contributed by atoms with Crippen LogP contribution < -0.4 is 5.32 Å². The highest BCUT2D eigenvalue weighted by Crippen LogP contribution is 2.70. The van der Waals surface area contributed by atoms with Crippen LogP contribution in [0.1, 0.15) is 25.7 Å². The van der Waals surface area contributed by atoms with Crippen molar-refractivity contribution in [2.45, 2.75) is 31.7 Å². The maximum atomic E-state index is 11.2. The van der Waals surface area contributed by atoms with Gasteiger partial charge < -0.3 is 5.32 Å². The van der Waals surface area contributed by atoms with Crippen LogP contribution in [-0.2, 0) is 4.79 Å². The standard InChI is InChI=1S/C11H15NO/c1-2-9(13)12-10-8-6-11(10)4-3-7(8)5-11/h2,7-8,10H,1,3-6H2,(H,12,13)/t7?,8?,10?,11-/m0/s1. The molecule has 4 aliphatic carbocycles. The van der Waals surface area contributed by atoms with Gasteiger partial charge in [-0.1, -0.05) is 6.58 Å². The molecule has 0 heterocycles. The summed E-state index contributed by atoms with van der Waals surface area (Å²) in [6.07, 6.45) is 6.89. The zero-order chi connectivity index (χ0) is 9.05. The van der Waals surface area contributed by atoms with E-state index in [1.807, 2.05) is 0 Å². The van der Waals surface area contributed by atoms with E-state index in [4.69, 9.17) is 0 Å². The van der Waals surface area contributed by atoms with E-state index in [9.17, 15) is 4.79 Å². The SMILES string of the molecule is C=CC(=O)NC1C2C[C@@]13CCC2C3. The van der Waals surface area contributed by atoms with Gasteiger partial charge in [0, 0.05) is 6.04 Å². The smallest absolute Gasteiger partial charge is 0.243 e. The Balaban J connectivity index is 1.76. The largest absolute Gasteiger partial charge is 0.349 e. The molecule has 4 atom stereocenters. The Morgan fingerprint density at radius 1 is 1.54 bits per heavy atom. The lowest BCUT2D eigenvalue weighted by atomic mass is 9.59. The first-order valence-corrected chi connectivity index (χ1v) is 5.18. The van der Waals surface area contributed by atoms with E-state index in [0.717, 1.165) is 11.8 Å². The van der Waals surface area contributed by atoms with Gasteiger partial charge >= 0.3 is 0 Å². The molecular weight excluding hydrogens is 162 g/mol. The van der Waals surface area contributed by atoms with E-state index in [2.05, 4.69) is 11.9 Å². The highest BCUT2D eigenvalue weighted by molar-refractivity contribution is 5.87. The molecule has 0 aromatic heterocycles. The third-order valence-corrected chi connectivity index (χ3v) is 4.50. The molecule has 4 aliphatic rings. The zero-order valence-electron chi connectivity index (χ0n) is 7.75. The van der Waals surface area contributed by atoms with Crippen LogP contribution in [0, 0.1) is 17.3 Å². The molecule has 4 fully saturated rings. The molecule has 0 radical (unpaired) electrons.